The fraction of sp³-hybridized carbons (Fsp3) is 0.429. The van der Waals surface area contributed by atoms with Crippen molar-refractivity contribution in [2.24, 2.45) is 0 Å². The third-order valence-corrected chi connectivity index (χ3v) is 4.12. The van der Waals surface area contributed by atoms with E-state index < -0.39 is 0 Å². The van der Waals surface area contributed by atoms with Gasteiger partial charge in [0, 0.05) is 42.8 Å². The van der Waals surface area contributed by atoms with Crippen molar-refractivity contribution >= 4 is 24.0 Å². The summed E-state index contributed by atoms with van der Waals surface area (Å²) in [6, 6.07) is 9.79. The third-order valence-electron chi connectivity index (χ3n) is 4.12. The van der Waals surface area contributed by atoms with Gasteiger partial charge in [-0.05, 0) is 70.0 Å². The molecule has 1 heterocycles. The van der Waals surface area contributed by atoms with E-state index in [1.165, 1.54) is 0 Å². The van der Waals surface area contributed by atoms with Crippen LogP contribution in [0.3, 0.4) is 0 Å². The van der Waals surface area contributed by atoms with Gasteiger partial charge in [0.05, 0.1) is 6.61 Å². The van der Waals surface area contributed by atoms with Crippen LogP contribution < -0.4 is 10.1 Å². The van der Waals surface area contributed by atoms with Gasteiger partial charge in [0.1, 0.15) is 5.75 Å². The summed E-state index contributed by atoms with van der Waals surface area (Å²) in [5.41, 5.74) is 2.77. The van der Waals surface area contributed by atoms with Crippen LogP contribution in [0.25, 0.3) is 0 Å². The van der Waals surface area contributed by atoms with E-state index in [0.29, 0.717) is 18.7 Å². The maximum absolute atomic E-state index is 12.7. The highest BCUT2D eigenvalue weighted by atomic mass is 35.5. The molecule has 0 aliphatic carbocycles. The molecule has 2 rings (SSSR count). The first-order valence-electron chi connectivity index (χ1n) is 9.20. The van der Waals surface area contributed by atoms with E-state index in [4.69, 9.17) is 4.74 Å². The SMILES string of the molecule is CCN(C(=O)c1cc(C)cc(OCCCNc2ccncc2)c1)C(C)C.Cl. The van der Waals surface area contributed by atoms with Crippen LogP contribution in [-0.2, 0) is 0 Å². The van der Waals surface area contributed by atoms with E-state index in [1.807, 2.05) is 62.9 Å². The lowest BCUT2D eigenvalue weighted by Crippen LogP contribution is -2.36. The Kier molecular flexibility index (Phi) is 9.65. The Bertz CT molecular complexity index is 708. The van der Waals surface area contributed by atoms with Gasteiger partial charge in [-0.1, -0.05) is 0 Å². The first-order chi connectivity index (χ1) is 12.5. The topological polar surface area (TPSA) is 54.5 Å². The number of aromatic nitrogens is 1. The van der Waals surface area contributed by atoms with Crippen molar-refractivity contribution in [3.05, 3.63) is 53.9 Å². The molecule has 0 unspecified atom stereocenters. The van der Waals surface area contributed by atoms with Crippen molar-refractivity contribution in [1.29, 1.82) is 0 Å². The molecule has 1 amide bonds. The quantitative estimate of drug-likeness (QED) is 0.636. The number of aryl methyl sites for hydroxylation is 1. The molecule has 0 aliphatic rings. The van der Waals surface area contributed by atoms with Crippen molar-refractivity contribution in [2.75, 3.05) is 25.0 Å². The van der Waals surface area contributed by atoms with Crippen LogP contribution in [0.2, 0.25) is 0 Å². The zero-order valence-electron chi connectivity index (χ0n) is 16.6. The Balaban J connectivity index is 0.00000364. The number of hydrogen-bond acceptors (Lipinski definition) is 4. The maximum Gasteiger partial charge on any atom is 0.254 e. The molecule has 1 aromatic carbocycles. The van der Waals surface area contributed by atoms with Crippen molar-refractivity contribution in [3.63, 3.8) is 0 Å². The number of carbonyl (C=O) groups excluding carboxylic acids is 1. The average Bonchev–Trinajstić information content (AvgIpc) is 2.62. The monoisotopic (exact) mass is 391 g/mol. The van der Waals surface area contributed by atoms with E-state index in [-0.39, 0.29) is 24.4 Å². The predicted octanol–water partition coefficient (Wildman–Crippen LogP) is 4.56. The van der Waals surface area contributed by atoms with Gasteiger partial charge in [-0.2, -0.15) is 0 Å². The molecule has 2 aromatic rings. The molecule has 0 radical (unpaired) electrons. The summed E-state index contributed by atoms with van der Waals surface area (Å²) in [6.07, 6.45) is 4.40. The van der Waals surface area contributed by atoms with Crippen molar-refractivity contribution in [1.82, 2.24) is 9.88 Å². The summed E-state index contributed by atoms with van der Waals surface area (Å²) in [5, 5.41) is 3.33. The van der Waals surface area contributed by atoms with Gasteiger partial charge in [-0.25, -0.2) is 0 Å². The van der Waals surface area contributed by atoms with Gasteiger partial charge in [-0.3, -0.25) is 9.78 Å². The van der Waals surface area contributed by atoms with Crippen molar-refractivity contribution in [2.45, 2.75) is 40.2 Å². The average molecular weight is 392 g/mol. The summed E-state index contributed by atoms with van der Waals surface area (Å²) >= 11 is 0. The van der Waals surface area contributed by atoms with Crippen LogP contribution in [-0.4, -0.2) is 41.5 Å². The second-order valence-corrected chi connectivity index (χ2v) is 6.58. The van der Waals surface area contributed by atoms with Gasteiger partial charge >= 0.3 is 0 Å². The minimum atomic E-state index is 0. The summed E-state index contributed by atoms with van der Waals surface area (Å²) in [6.45, 7) is 10.2. The van der Waals surface area contributed by atoms with Crippen LogP contribution in [0.4, 0.5) is 5.69 Å². The number of ether oxygens (including phenoxy) is 1. The van der Waals surface area contributed by atoms with Gasteiger partial charge in [-0.15, -0.1) is 12.4 Å². The number of anilines is 1. The number of rotatable bonds is 9. The Morgan fingerprint density at radius 1 is 1.22 bits per heavy atom. The highest BCUT2D eigenvalue weighted by Crippen LogP contribution is 2.19. The summed E-state index contributed by atoms with van der Waals surface area (Å²) < 4.78 is 5.87. The number of hydrogen-bond donors (Lipinski definition) is 1. The lowest BCUT2D eigenvalue weighted by molar-refractivity contribution is 0.0716. The number of carbonyl (C=O) groups is 1. The van der Waals surface area contributed by atoms with Gasteiger partial charge in [0.2, 0.25) is 0 Å². The lowest BCUT2D eigenvalue weighted by atomic mass is 10.1. The number of amides is 1. The Morgan fingerprint density at radius 3 is 2.56 bits per heavy atom. The fourth-order valence-corrected chi connectivity index (χ4v) is 2.83. The number of pyridine rings is 1. The Labute approximate surface area is 168 Å². The van der Waals surface area contributed by atoms with Crippen LogP contribution in [0.5, 0.6) is 5.75 Å². The zero-order chi connectivity index (χ0) is 18.9. The lowest BCUT2D eigenvalue weighted by Gasteiger charge is -2.25. The van der Waals surface area contributed by atoms with Gasteiger partial charge in [0.15, 0.2) is 0 Å². The van der Waals surface area contributed by atoms with Crippen molar-refractivity contribution < 1.29 is 9.53 Å². The van der Waals surface area contributed by atoms with Gasteiger partial charge < -0.3 is 15.0 Å². The van der Waals surface area contributed by atoms with Crippen LogP contribution in [0.1, 0.15) is 43.1 Å². The molecule has 0 fully saturated rings. The van der Waals surface area contributed by atoms with Crippen LogP contribution >= 0.6 is 12.4 Å². The molecule has 0 saturated heterocycles. The summed E-state index contributed by atoms with van der Waals surface area (Å²) in [5.74, 6) is 0.799. The second-order valence-electron chi connectivity index (χ2n) is 6.58. The van der Waals surface area contributed by atoms with Crippen molar-refractivity contribution in [3.8, 4) is 5.75 Å². The minimum Gasteiger partial charge on any atom is -0.493 e. The largest absolute Gasteiger partial charge is 0.493 e. The molecule has 0 bridgehead atoms. The molecule has 148 valence electrons. The van der Waals surface area contributed by atoms with Crippen LogP contribution in [0.15, 0.2) is 42.7 Å². The molecule has 1 N–H and O–H groups in total. The molecule has 27 heavy (non-hydrogen) atoms. The molecular weight excluding hydrogens is 362 g/mol. The van der Waals surface area contributed by atoms with E-state index in [2.05, 4.69) is 10.3 Å². The number of halogens is 1. The van der Waals surface area contributed by atoms with E-state index in [9.17, 15) is 4.79 Å². The Morgan fingerprint density at radius 2 is 1.93 bits per heavy atom. The molecule has 0 aliphatic heterocycles. The summed E-state index contributed by atoms with van der Waals surface area (Å²) in [7, 11) is 0. The maximum atomic E-state index is 12.7. The van der Waals surface area contributed by atoms with Crippen LogP contribution in [0, 0.1) is 6.92 Å². The molecule has 0 spiro atoms. The predicted molar refractivity (Wildman–Crippen MR) is 113 cm³/mol. The second kappa shape index (κ2) is 11.4. The third kappa shape index (κ3) is 7.10. The molecule has 6 heteroatoms. The van der Waals surface area contributed by atoms with Gasteiger partial charge in [0.25, 0.3) is 5.91 Å². The highest BCUT2D eigenvalue weighted by Gasteiger charge is 2.18. The molecule has 1 aromatic heterocycles. The number of nitrogens with one attached hydrogen (secondary N) is 1. The van der Waals surface area contributed by atoms with E-state index in [0.717, 1.165) is 30.0 Å². The molecule has 0 saturated carbocycles. The first-order valence-corrected chi connectivity index (χ1v) is 9.20. The Hall–Kier alpha value is -2.27. The normalized spacial score (nSPS) is 10.3. The highest BCUT2D eigenvalue weighted by molar-refractivity contribution is 5.95. The first kappa shape index (κ1) is 22.8. The zero-order valence-corrected chi connectivity index (χ0v) is 17.4. The smallest absolute Gasteiger partial charge is 0.254 e. The molecular formula is C21H30ClN3O2. The van der Waals surface area contributed by atoms with E-state index >= 15 is 0 Å². The minimum absolute atomic E-state index is 0. The standard InChI is InChI=1S/C21H29N3O2.ClH/c1-5-24(16(2)3)21(25)18-13-17(4)14-20(15-18)26-12-6-9-23-19-7-10-22-11-8-19;/h7-8,10-11,13-16H,5-6,9,12H2,1-4H3,(H,22,23);1H. The number of benzene rings is 1. The van der Waals surface area contributed by atoms with E-state index in [1.54, 1.807) is 12.4 Å². The summed E-state index contributed by atoms with van der Waals surface area (Å²) in [4.78, 5) is 18.6. The molecule has 0 atom stereocenters. The molecule has 5 nitrogen and oxygen atoms in total. The number of nitrogens with zero attached hydrogens (tertiary/aromatic N) is 2. The fourth-order valence-electron chi connectivity index (χ4n) is 2.83.